The van der Waals surface area contributed by atoms with Crippen LogP contribution in [0.3, 0.4) is 0 Å². The molecule has 8 nitrogen and oxygen atoms in total. The Morgan fingerprint density at radius 2 is 2.10 bits per heavy atom. The van der Waals surface area contributed by atoms with Crippen molar-refractivity contribution in [2.75, 3.05) is 5.32 Å². The third-order valence-corrected chi connectivity index (χ3v) is 3.81. The van der Waals surface area contributed by atoms with Crippen LogP contribution in [0.5, 0.6) is 0 Å². The van der Waals surface area contributed by atoms with Crippen LogP contribution in [-0.4, -0.2) is 28.7 Å². The Balaban J connectivity index is 2.35. The first-order valence-electron chi connectivity index (χ1n) is 6.25. The Kier molecular flexibility index (Phi) is 3.88. The molecule has 0 atom stereocenters. The summed E-state index contributed by atoms with van der Waals surface area (Å²) in [5.41, 5.74) is 0.413. The van der Waals surface area contributed by atoms with Crippen LogP contribution in [0.1, 0.15) is 30.4 Å². The van der Waals surface area contributed by atoms with E-state index in [4.69, 9.17) is 5.14 Å². The quantitative estimate of drug-likeness (QED) is 0.865. The van der Waals surface area contributed by atoms with Crippen LogP contribution in [-0.2, 0) is 17.1 Å². The summed E-state index contributed by atoms with van der Waals surface area (Å²) in [5, 5.41) is 11.5. The molecule has 2 aromatic heterocycles. The molecule has 0 bridgehead atoms. The summed E-state index contributed by atoms with van der Waals surface area (Å²) >= 11 is 0. The smallest absolute Gasteiger partial charge is 0.273 e. The summed E-state index contributed by atoms with van der Waals surface area (Å²) in [4.78, 5) is 12.1. The van der Waals surface area contributed by atoms with Crippen molar-refractivity contribution in [1.82, 2.24) is 14.3 Å². The summed E-state index contributed by atoms with van der Waals surface area (Å²) in [5.74, 6) is -0.529. The molecule has 0 saturated carbocycles. The SMILES string of the molecule is CC(C)n1cccc1C(=O)Nc1nn(C)cc1S(N)(=O)=O. The molecule has 0 saturated heterocycles. The van der Waals surface area contributed by atoms with Gasteiger partial charge in [0.05, 0.1) is 0 Å². The fourth-order valence-electron chi connectivity index (χ4n) is 1.97. The third kappa shape index (κ3) is 3.14. The minimum Gasteiger partial charge on any atom is -0.341 e. The number of anilines is 1. The summed E-state index contributed by atoms with van der Waals surface area (Å²) in [6.45, 7) is 3.88. The van der Waals surface area contributed by atoms with E-state index in [1.807, 2.05) is 13.8 Å². The van der Waals surface area contributed by atoms with Gasteiger partial charge in [0.15, 0.2) is 5.82 Å². The predicted octanol–water partition coefficient (Wildman–Crippen LogP) is 0.702. The van der Waals surface area contributed by atoms with E-state index in [0.717, 1.165) is 0 Å². The number of aromatic nitrogens is 3. The highest BCUT2D eigenvalue weighted by Gasteiger charge is 2.21. The number of hydrogen-bond acceptors (Lipinski definition) is 4. The number of nitrogens with two attached hydrogens (primary N) is 1. The van der Waals surface area contributed by atoms with Crippen molar-refractivity contribution in [3.63, 3.8) is 0 Å². The molecule has 21 heavy (non-hydrogen) atoms. The number of aryl methyl sites for hydroxylation is 1. The molecule has 0 fully saturated rings. The first kappa shape index (κ1) is 15.3. The van der Waals surface area contributed by atoms with Crippen molar-refractivity contribution in [2.45, 2.75) is 24.8 Å². The fraction of sp³-hybridized carbons (Fsp3) is 0.333. The van der Waals surface area contributed by atoms with Crippen LogP contribution in [0.25, 0.3) is 0 Å². The monoisotopic (exact) mass is 311 g/mol. The average molecular weight is 311 g/mol. The van der Waals surface area contributed by atoms with Crippen LogP contribution in [0, 0.1) is 0 Å². The molecule has 2 heterocycles. The van der Waals surface area contributed by atoms with E-state index in [-0.39, 0.29) is 16.8 Å². The maximum absolute atomic E-state index is 12.3. The molecule has 2 aromatic rings. The number of carbonyl (C=O) groups is 1. The standard InChI is InChI=1S/C12H17N5O3S/c1-8(2)17-6-4-5-9(17)12(18)14-11-10(21(13,19)20)7-16(3)15-11/h4-8H,1-3H3,(H2,13,19,20)(H,14,15,18). The van der Waals surface area contributed by atoms with Gasteiger partial charge in [-0.1, -0.05) is 0 Å². The lowest BCUT2D eigenvalue weighted by molar-refractivity contribution is 0.101. The second kappa shape index (κ2) is 5.34. The number of carbonyl (C=O) groups excluding carboxylic acids is 1. The molecule has 0 aliphatic heterocycles. The predicted molar refractivity (Wildman–Crippen MR) is 77.4 cm³/mol. The molecule has 0 aromatic carbocycles. The van der Waals surface area contributed by atoms with Gasteiger partial charge in [0.2, 0.25) is 10.0 Å². The number of nitrogens with zero attached hydrogens (tertiary/aromatic N) is 3. The van der Waals surface area contributed by atoms with Gasteiger partial charge in [-0.3, -0.25) is 9.48 Å². The van der Waals surface area contributed by atoms with Gasteiger partial charge >= 0.3 is 0 Å². The van der Waals surface area contributed by atoms with Crippen molar-refractivity contribution in [3.8, 4) is 0 Å². The average Bonchev–Trinajstić information content (AvgIpc) is 2.94. The number of primary sulfonamides is 1. The second-order valence-corrected chi connectivity index (χ2v) is 6.44. The number of rotatable bonds is 4. The molecule has 3 N–H and O–H groups in total. The van der Waals surface area contributed by atoms with Crippen LogP contribution < -0.4 is 10.5 Å². The van der Waals surface area contributed by atoms with Gasteiger partial charge in [0, 0.05) is 25.5 Å². The summed E-state index contributed by atoms with van der Waals surface area (Å²) in [6, 6.07) is 3.49. The van der Waals surface area contributed by atoms with Gasteiger partial charge in [-0.05, 0) is 26.0 Å². The van der Waals surface area contributed by atoms with Gasteiger partial charge in [-0.2, -0.15) is 5.10 Å². The zero-order valence-corrected chi connectivity index (χ0v) is 12.8. The van der Waals surface area contributed by atoms with Crippen LogP contribution in [0.15, 0.2) is 29.4 Å². The molecule has 9 heteroatoms. The van der Waals surface area contributed by atoms with Gasteiger partial charge < -0.3 is 9.88 Å². The van der Waals surface area contributed by atoms with Gasteiger partial charge in [0.25, 0.3) is 5.91 Å². The van der Waals surface area contributed by atoms with Crippen molar-refractivity contribution in [2.24, 2.45) is 12.2 Å². The first-order chi connectivity index (χ1) is 9.70. The van der Waals surface area contributed by atoms with Gasteiger partial charge in [-0.25, -0.2) is 13.6 Å². The van der Waals surface area contributed by atoms with Crippen LogP contribution in [0.4, 0.5) is 5.82 Å². The Bertz CT molecular complexity index is 773. The lowest BCUT2D eigenvalue weighted by atomic mass is 10.3. The zero-order valence-electron chi connectivity index (χ0n) is 11.9. The van der Waals surface area contributed by atoms with Crippen molar-refractivity contribution >= 4 is 21.7 Å². The third-order valence-electron chi connectivity index (χ3n) is 2.90. The topological polar surface area (TPSA) is 112 Å². The Morgan fingerprint density at radius 3 is 2.67 bits per heavy atom. The molecular weight excluding hydrogens is 294 g/mol. The van der Waals surface area contributed by atoms with Crippen molar-refractivity contribution < 1.29 is 13.2 Å². The van der Waals surface area contributed by atoms with Crippen LogP contribution in [0.2, 0.25) is 0 Å². The van der Waals surface area contributed by atoms with E-state index < -0.39 is 15.9 Å². The van der Waals surface area contributed by atoms with E-state index in [1.165, 1.54) is 10.9 Å². The minimum absolute atomic E-state index is 0.0819. The molecule has 1 amide bonds. The maximum Gasteiger partial charge on any atom is 0.273 e. The van der Waals surface area contributed by atoms with E-state index in [1.54, 1.807) is 29.9 Å². The number of nitrogens with one attached hydrogen (secondary N) is 1. The highest BCUT2D eigenvalue weighted by Crippen LogP contribution is 2.19. The largest absolute Gasteiger partial charge is 0.341 e. The molecule has 0 unspecified atom stereocenters. The number of hydrogen-bond donors (Lipinski definition) is 2. The summed E-state index contributed by atoms with van der Waals surface area (Å²) in [7, 11) is -2.42. The van der Waals surface area contributed by atoms with Crippen LogP contribution >= 0.6 is 0 Å². The van der Waals surface area contributed by atoms with Gasteiger partial charge in [0.1, 0.15) is 10.6 Å². The summed E-state index contributed by atoms with van der Waals surface area (Å²) < 4.78 is 26.0. The minimum atomic E-state index is -3.96. The Labute approximate surface area is 122 Å². The van der Waals surface area contributed by atoms with Gasteiger partial charge in [-0.15, -0.1) is 0 Å². The molecular formula is C12H17N5O3S. The number of sulfonamides is 1. The Hall–Kier alpha value is -2.13. The zero-order chi connectivity index (χ0) is 15.8. The molecule has 114 valence electrons. The second-order valence-electron chi connectivity index (χ2n) is 4.91. The van der Waals surface area contributed by atoms with E-state index in [9.17, 15) is 13.2 Å². The lowest BCUT2D eigenvalue weighted by Gasteiger charge is -2.12. The first-order valence-corrected chi connectivity index (χ1v) is 7.79. The lowest BCUT2D eigenvalue weighted by Crippen LogP contribution is -2.20. The van der Waals surface area contributed by atoms with E-state index >= 15 is 0 Å². The highest BCUT2D eigenvalue weighted by molar-refractivity contribution is 7.89. The maximum atomic E-state index is 12.3. The summed E-state index contributed by atoms with van der Waals surface area (Å²) in [6.07, 6.45) is 3.02. The van der Waals surface area contributed by atoms with Crippen molar-refractivity contribution in [1.29, 1.82) is 0 Å². The van der Waals surface area contributed by atoms with E-state index in [2.05, 4.69) is 10.4 Å². The normalized spacial score (nSPS) is 11.9. The molecule has 0 spiro atoms. The Morgan fingerprint density at radius 1 is 1.43 bits per heavy atom. The fourth-order valence-corrected chi connectivity index (χ4v) is 2.63. The molecule has 0 aliphatic carbocycles. The molecule has 2 rings (SSSR count). The molecule has 0 aliphatic rings. The molecule has 0 radical (unpaired) electrons. The highest BCUT2D eigenvalue weighted by atomic mass is 32.2. The van der Waals surface area contributed by atoms with Crippen molar-refractivity contribution in [3.05, 3.63) is 30.2 Å². The number of amides is 1. The van der Waals surface area contributed by atoms with E-state index in [0.29, 0.717) is 5.69 Å².